The van der Waals surface area contributed by atoms with E-state index >= 15 is 0 Å². The van der Waals surface area contributed by atoms with E-state index in [1.807, 2.05) is 6.07 Å². The molecule has 2 N–H and O–H groups in total. The molecule has 0 radical (unpaired) electrons. The van der Waals surface area contributed by atoms with Crippen LogP contribution in [0, 0.1) is 5.82 Å². The Balaban J connectivity index is 2.19. The first-order valence-electron chi connectivity index (χ1n) is 5.15. The van der Waals surface area contributed by atoms with Gasteiger partial charge in [-0.3, -0.25) is 4.79 Å². The van der Waals surface area contributed by atoms with Gasteiger partial charge in [0.15, 0.2) is 0 Å². The van der Waals surface area contributed by atoms with Crippen molar-refractivity contribution in [3.63, 3.8) is 0 Å². The van der Waals surface area contributed by atoms with Crippen molar-refractivity contribution in [2.75, 3.05) is 0 Å². The van der Waals surface area contributed by atoms with Crippen molar-refractivity contribution >= 4 is 16.9 Å². The van der Waals surface area contributed by atoms with Crippen LogP contribution >= 0.6 is 0 Å². The van der Waals surface area contributed by atoms with Gasteiger partial charge >= 0.3 is 5.97 Å². The van der Waals surface area contributed by atoms with Crippen LogP contribution < -0.4 is 0 Å². The van der Waals surface area contributed by atoms with Crippen LogP contribution in [-0.4, -0.2) is 16.1 Å². The molecule has 1 heterocycles. The lowest BCUT2D eigenvalue weighted by atomic mass is 10.1. The summed E-state index contributed by atoms with van der Waals surface area (Å²) < 4.78 is 13.3. The molecule has 4 heteroatoms. The standard InChI is InChI=1S/C12H12FNO2/c13-10-5-2-4-9-8(7-14-12(9)10)3-1-6-11(15)16/h2,4-5,7,14H,1,3,6H2,(H,15,16). The molecular formula is C12H12FNO2. The van der Waals surface area contributed by atoms with Crippen molar-refractivity contribution in [2.45, 2.75) is 19.3 Å². The highest BCUT2D eigenvalue weighted by molar-refractivity contribution is 5.83. The summed E-state index contributed by atoms with van der Waals surface area (Å²) in [6, 6.07) is 4.90. The highest BCUT2D eigenvalue weighted by Crippen LogP contribution is 2.21. The summed E-state index contributed by atoms with van der Waals surface area (Å²) in [5.41, 5.74) is 1.46. The summed E-state index contributed by atoms with van der Waals surface area (Å²) in [6.45, 7) is 0. The minimum Gasteiger partial charge on any atom is -0.481 e. The van der Waals surface area contributed by atoms with Gasteiger partial charge in [0.2, 0.25) is 0 Å². The van der Waals surface area contributed by atoms with Crippen molar-refractivity contribution in [1.29, 1.82) is 0 Å². The number of carbonyl (C=O) groups is 1. The number of rotatable bonds is 4. The molecule has 0 amide bonds. The number of carboxylic acid groups (broad SMARTS) is 1. The normalized spacial score (nSPS) is 10.8. The second kappa shape index (κ2) is 4.35. The fourth-order valence-electron chi connectivity index (χ4n) is 1.81. The Kier molecular flexibility index (Phi) is 2.90. The zero-order chi connectivity index (χ0) is 11.5. The molecular weight excluding hydrogens is 209 g/mol. The van der Waals surface area contributed by atoms with Crippen LogP contribution in [0.3, 0.4) is 0 Å². The van der Waals surface area contributed by atoms with Gasteiger partial charge in [-0.05, 0) is 24.5 Å². The van der Waals surface area contributed by atoms with Crippen LogP contribution in [0.4, 0.5) is 4.39 Å². The number of hydrogen-bond donors (Lipinski definition) is 2. The second-order valence-corrected chi connectivity index (χ2v) is 3.72. The summed E-state index contributed by atoms with van der Waals surface area (Å²) in [5.74, 6) is -1.08. The number of para-hydroxylation sites is 1. The Hall–Kier alpha value is -1.84. The van der Waals surface area contributed by atoms with Crippen LogP contribution in [0.15, 0.2) is 24.4 Å². The maximum atomic E-state index is 13.3. The first kappa shape index (κ1) is 10.7. The molecule has 84 valence electrons. The zero-order valence-corrected chi connectivity index (χ0v) is 8.66. The van der Waals surface area contributed by atoms with Gasteiger partial charge in [0.05, 0.1) is 5.52 Å². The number of hydrogen-bond acceptors (Lipinski definition) is 1. The van der Waals surface area contributed by atoms with Crippen LogP contribution in [0.2, 0.25) is 0 Å². The molecule has 0 fully saturated rings. The molecule has 0 bridgehead atoms. The quantitative estimate of drug-likeness (QED) is 0.834. The Morgan fingerprint density at radius 3 is 3.00 bits per heavy atom. The van der Waals surface area contributed by atoms with E-state index in [9.17, 15) is 9.18 Å². The van der Waals surface area contributed by atoms with Crippen molar-refractivity contribution in [1.82, 2.24) is 4.98 Å². The molecule has 2 aromatic rings. The van der Waals surface area contributed by atoms with Crippen LogP contribution in [0.1, 0.15) is 18.4 Å². The summed E-state index contributed by atoms with van der Waals surface area (Å²) >= 11 is 0. The van der Waals surface area contributed by atoms with Gasteiger partial charge in [-0.2, -0.15) is 0 Å². The number of aliphatic carboxylic acids is 1. The summed E-state index contributed by atoms with van der Waals surface area (Å²) in [7, 11) is 0. The number of aryl methyl sites for hydroxylation is 1. The first-order valence-corrected chi connectivity index (χ1v) is 5.15. The zero-order valence-electron chi connectivity index (χ0n) is 8.66. The maximum Gasteiger partial charge on any atom is 0.303 e. The lowest BCUT2D eigenvalue weighted by Crippen LogP contribution is -1.95. The van der Waals surface area contributed by atoms with Gasteiger partial charge in [-0.15, -0.1) is 0 Å². The SMILES string of the molecule is O=C(O)CCCc1c[nH]c2c(F)cccc12. The molecule has 0 saturated carbocycles. The van der Waals surface area contributed by atoms with Gasteiger partial charge in [-0.1, -0.05) is 12.1 Å². The van der Waals surface area contributed by atoms with E-state index in [0.29, 0.717) is 18.4 Å². The van der Waals surface area contributed by atoms with E-state index in [1.165, 1.54) is 6.07 Å². The summed E-state index contributed by atoms with van der Waals surface area (Å²) in [5, 5.41) is 9.37. The number of carboxylic acids is 1. The highest BCUT2D eigenvalue weighted by atomic mass is 19.1. The average Bonchev–Trinajstić information content (AvgIpc) is 2.63. The number of aromatic nitrogens is 1. The largest absolute Gasteiger partial charge is 0.481 e. The highest BCUT2D eigenvalue weighted by Gasteiger charge is 2.07. The fourth-order valence-corrected chi connectivity index (χ4v) is 1.81. The van der Waals surface area contributed by atoms with Gasteiger partial charge in [0.25, 0.3) is 0 Å². The number of aromatic amines is 1. The van der Waals surface area contributed by atoms with Gasteiger partial charge in [0.1, 0.15) is 5.82 Å². The van der Waals surface area contributed by atoms with Crippen molar-refractivity contribution in [3.8, 4) is 0 Å². The van der Waals surface area contributed by atoms with Gasteiger partial charge in [0, 0.05) is 18.0 Å². The molecule has 1 aromatic heterocycles. The summed E-state index contributed by atoms with van der Waals surface area (Å²) in [6.07, 6.45) is 3.10. The number of nitrogens with one attached hydrogen (secondary N) is 1. The minimum atomic E-state index is -0.800. The first-order chi connectivity index (χ1) is 7.68. The Morgan fingerprint density at radius 1 is 1.44 bits per heavy atom. The topological polar surface area (TPSA) is 53.1 Å². The fraction of sp³-hybridized carbons (Fsp3) is 0.250. The third-order valence-electron chi connectivity index (χ3n) is 2.59. The molecule has 0 spiro atoms. The van der Waals surface area contributed by atoms with Gasteiger partial charge < -0.3 is 10.1 Å². The lowest BCUT2D eigenvalue weighted by Gasteiger charge is -1.97. The third kappa shape index (κ3) is 2.05. The molecule has 0 aliphatic carbocycles. The summed E-state index contributed by atoms with van der Waals surface area (Å²) in [4.78, 5) is 13.2. The smallest absolute Gasteiger partial charge is 0.303 e. The van der Waals surface area contributed by atoms with Crippen LogP contribution in [-0.2, 0) is 11.2 Å². The van der Waals surface area contributed by atoms with E-state index < -0.39 is 5.97 Å². The number of H-pyrrole nitrogens is 1. The predicted molar refractivity (Wildman–Crippen MR) is 58.8 cm³/mol. The molecule has 0 atom stereocenters. The Bertz CT molecular complexity index is 519. The molecule has 0 aliphatic rings. The van der Waals surface area contributed by atoms with Crippen LogP contribution in [0.25, 0.3) is 10.9 Å². The molecule has 0 unspecified atom stereocenters. The molecule has 0 saturated heterocycles. The second-order valence-electron chi connectivity index (χ2n) is 3.72. The minimum absolute atomic E-state index is 0.141. The predicted octanol–water partition coefficient (Wildman–Crippen LogP) is 2.71. The van der Waals surface area contributed by atoms with Gasteiger partial charge in [-0.25, -0.2) is 4.39 Å². The van der Waals surface area contributed by atoms with E-state index in [2.05, 4.69) is 4.98 Å². The Labute approximate surface area is 91.9 Å². The average molecular weight is 221 g/mol. The molecule has 0 aliphatic heterocycles. The number of benzene rings is 1. The van der Waals surface area contributed by atoms with E-state index in [-0.39, 0.29) is 12.2 Å². The number of fused-ring (bicyclic) bond motifs is 1. The molecule has 3 nitrogen and oxygen atoms in total. The van der Waals surface area contributed by atoms with E-state index in [4.69, 9.17) is 5.11 Å². The maximum absolute atomic E-state index is 13.3. The number of halogens is 1. The van der Waals surface area contributed by atoms with Crippen LogP contribution in [0.5, 0.6) is 0 Å². The molecule has 1 aromatic carbocycles. The third-order valence-corrected chi connectivity index (χ3v) is 2.59. The molecule has 16 heavy (non-hydrogen) atoms. The lowest BCUT2D eigenvalue weighted by molar-refractivity contribution is -0.137. The van der Waals surface area contributed by atoms with Crippen molar-refractivity contribution in [3.05, 3.63) is 35.8 Å². The van der Waals surface area contributed by atoms with E-state index in [0.717, 1.165) is 10.9 Å². The van der Waals surface area contributed by atoms with E-state index in [1.54, 1.807) is 12.3 Å². The van der Waals surface area contributed by atoms with Crippen molar-refractivity contribution < 1.29 is 14.3 Å². The molecule has 2 rings (SSSR count). The monoisotopic (exact) mass is 221 g/mol. The van der Waals surface area contributed by atoms with Crippen molar-refractivity contribution in [2.24, 2.45) is 0 Å². The Morgan fingerprint density at radius 2 is 2.25 bits per heavy atom.